The van der Waals surface area contributed by atoms with Gasteiger partial charge in [-0.05, 0) is 44.8 Å². The highest BCUT2D eigenvalue weighted by atomic mass is 16.6. The molecule has 4 rings (SSSR count). The van der Waals surface area contributed by atoms with Crippen LogP contribution in [-0.4, -0.2) is 88.4 Å². The Labute approximate surface area is 164 Å². The first-order valence-electron chi connectivity index (χ1n) is 10.0. The minimum Gasteiger partial charge on any atom is -0.481 e. The second kappa shape index (κ2) is 8.30. The molecule has 3 aliphatic rings. The average Bonchev–Trinajstić information content (AvgIpc) is 3.09. The smallest absolute Gasteiger partial charge is 0.410 e. The Balaban J connectivity index is 1.25. The number of likely N-dealkylation sites (tertiary alicyclic amines) is 1. The zero-order chi connectivity index (χ0) is 19.5. The topological polar surface area (TPSA) is 99.1 Å². The van der Waals surface area contributed by atoms with Crippen LogP contribution in [0.15, 0.2) is 18.6 Å². The number of carboxylic acids is 1. The van der Waals surface area contributed by atoms with Gasteiger partial charge in [0.25, 0.3) is 0 Å². The molecule has 1 aromatic heterocycles. The molecule has 1 N–H and O–H groups in total. The van der Waals surface area contributed by atoms with Crippen LogP contribution in [0.3, 0.4) is 0 Å². The Morgan fingerprint density at radius 1 is 1.18 bits per heavy atom. The van der Waals surface area contributed by atoms with Gasteiger partial charge in [-0.15, -0.1) is 0 Å². The molecule has 152 valence electrons. The Kier molecular flexibility index (Phi) is 5.61. The van der Waals surface area contributed by atoms with Crippen LogP contribution in [0, 0.1) is 5.92 Å². The first-order chi connectivity index (χ1) is 13.6. The van der Waals surface area contributed by atoms with Crippen LogP contribution in [-0.2, 0) is 9.53 Å². The Bertz CT molecular complexity index is 687. The average molecular weight is 389 g/mol. The van der Waals surface area contributed by atoms with E-state index in [1.165, 1.54) is 0 Å². The molecule has 0 spiro atoms. The van der Waals surface area contributed by atoms with Gasteiger partial charge in [0.2, 0.25) is 0 Å². The summed E-state index contributed by atoms with van der Waals surface area (Å²) in [5.74, 6) is -0.00883. The van der Waals surface area contributed by atoms with Gasteiger partial charge in [-0.2, -0.15) is 0 Å². The van der Waals surface area contributed by atoms with E-state index in [0.717, 1.165) is 44.8 Å². The molecule has 1 aromatic rings. The standard InChI is InChI=1S/C19H27N5O4/c25-18(26)14-2-7-22(8-3-14)11-16-12-24(19(27)28-16)15-4-9-23(10-5-15)17-1-6-20-13-21-17/h1,6,13-16H,2-5,7-12H2,(H,25,26). The highest BCUT2D eigenvalue weighted by molar-refractivity contribution is 5.70. The quantitative estimate of drug-likeness (QED) is 0.798. The minimum absolute atomic E-state index is 0.131. The maximum Gasteiger partial charge on any atom is 0.410 e. The number of cyclic esters (lactones) is 1. The predicted molar refractivity (Wildman–Crippen MR) is 101 cm³/mol. The highest BCUT2D eigenvalue weighted by Crippen LogP contribution is 2.26. The SMILES string of the molecule is O=C(O)C1CCN(CC2CN(C3CCN(c4ccncn4)CC3)C(=O)O2)CC1. The fourth-order valence-electron chi connectivity index (χ4n) is 4.46. The largest absolute Gasteiger partial charge is 0.481 e. The van der Waals surface area contributed by atoms with Gasteiger partial charge < -0.3 is 19.6 Å². The maximum absolute atomic E-state index is 12.4. The van der Waals surface area contributed by atoms with E-state index in [2.05, 4.69) is 19.8 Å². The van der Waals surface area contributed by atoms with Crippen molar-refractivity contribution in [1.82, 2.24) is 19.8 Å². The number of rotatable bonds is 5. The molecule has 3 aliphatic heterocycles. The number of piperidine rings is 2. The van der Waals surface area contributed by atoms with E-state index in [1.54, 1.807) is 12.5 Å². The highest BCUT2D eigenvalue weighted by Gasteiger charge is 2.38. The normalized spacial score (nSPS) is 25.1. The number of hydrogen-bond donors (Lipinski definition) is 1. The second-order valence-corrected chi connectivity index (χ2v) is 7.86. The Hall–Kier alpha value is -2.42. The summed E-state index contributed by atoms with van der Waals surface area (Å²) in [4.78, 5) is 38.1. The van der Waals surface area contributed by atoms with Crippen LogP contribution in [0.25, 0.3) is 0 Å². The summed E-state index contributed by atoms with van der Waals surface area (Å²) in [6, 6.07) is 2.11. The van der Waals surface area contributed by atoms with E-state index in [0.29, 0.717) is 25.9 Å². The van der Waals surface area contributed by atoms with Crippen LogP contribution < -0.4 is 4.90 Å². The van der Waals surface area contributed by atoms with Crippen molar-refractivity contribution >= 4 is 17.9 Å². The monoisotopic (exact) mass is 389 g/mol. The number of anilines is 1. The maximum atomic E-state index is 12.4. The van der Waals surface area contributed by atoms with Crippen molar-refractivity contribution in [2.75, 3.05) is 44.2 Å². The van der Waals surface area contributed by atoms with Gasteiger partial charge in [0.15, 0.2) is 0 Å². The molecular weight excluding hydrogens is 362 g/mol. The lowest BCUT2D eigenvalue weighted by Crippen LogP contribution is -2.46. The second-order valence-electron chi connectivity index (χ2n) is 7.86. The third-order valence-electron chi connectivity index (χ3n) is 6.10. The number of carboxylic acid groups (broad SMARTS) is 1. The zero-order valence-electron chi connectivity index (χ0n) is 15.9. The molecule has 0 aromatic carbocycles. The van der Waals surface area contributed by atoms with E-state index in [-0.39, 0.29) is 24.2 Å². The summed E-state index contributed by atoms with van der Waals surface area (Å²) >= 11 is 0. The number of amides is 1. The molecule has 1 atom stereocenters. The molecule has 0 saturated carbocycles. The van der Waals surface area contributed by atoms with Crippen LogP contribution >= 0.6 is 0 Å². The van der Waals surface area contributed by atoms with Crippen molar-refractivity contribution in [3.8, 4) is 0 Å². The van der Waals surface area contributed by atoms with Crippen molar-refractivity contribution in [2.24, 2.45) is 5.92 Å². The summed E-state index contributed by atoms with van der Waals surface area (Å²) in [7, 11) is 0. The first kappa shape index (κ1) is 18.9. The summed E-state index contributed by atoms with van der Waals surface area (Å²) in [5, 5.41) is 9.11. The number of carbonyl (C=O) groups excluding carboxylic acids is 1. The molecule has 0 aliphatic carbocycles. The van der Waals surface area contributed by atoms with Crippen molar-refractivity contribution in [3.05, 3.63) is 18.6 Å². The lowest BCUT2D eigenvalue weighted by atomic mass is 9.97. The molecule has 9 nitrogen and oxygen atoms in total. The number of aliphatic carboxylic acids is 1. The van der Waals surface area contributed by atoms with E-state index in [4.69, 9.17) is 9.84 Å². The fourth-order valence-corrected chi connectivity index (χ4v) is 4.46. The molecule has 3 saturated heterocycles. The van der Waals surface area contributed by atoms with Crippen LogP contribution in [0.1, 0.15) is 25.7 Å². The number of aromatic nitrogens is 2. The molecule has 1 unspecified atom stereocenters. The Morgan fingerprint density at radius 2 is 1.93 bits per heavy atom. The minimum atomic E-state index is -0.702. The van der Waals surface area contributed by atoms with Crippen molar-refractivity contribution in [2.45, 2.75) is 37.8 Å². The fraction of sp³-hybridized carbons (Fsp3) is 0.684. The third-order valence-corrected chi connectivity index (χ3v) is 6.10. The molecule has 0 radical (unpaired) electrons. The van der Waals surface area contributed by atoms with Gasteiger partial charge in [-0.25, -0.2) is 14.8 Å². The number of nitrogens with zero attached hydrogens (tertiary/aromatic N) is 5. The molecule has 28 heavy (non-hydrogen) atoms. The van der Waals surface area contributed by atoms with Gasteiger partial charge in [0.05, 0.1) is 12.5 Å². The lowest BCUT2D eigenvalue weighted by molar-refractivity contribution is -0.143. The van der Waals surface area contributed by atoms with E-state index >= 15 is 0 Å². The number of hydrogen-bond acceptors (Lipinski definition) is 7. The molecule has 0 bridgehead atoms. The van der Waals surface area contributed by atoms with E-state index in [9.17, 15) is 9.59 Å². The van der Waals surface area contributed by atoms with Crippen molar-refractivity contribution < 1.29 is 19.4 Å². The van der Waals surface area contributed by atoms with Gasteiger partial charge in [-0.3, -0.25) is 9.69 Å². The van der Waals surface area contributed by atoms with Gasteiger partial charge in [0, 0.05) is 31.9 Å². The van der Waals surface area contributed by atoms with Crippen LogP contribution in [0.5, 0.6) is 0 Å². The molecule has 1 amide bonds. The molecule has 9 heteroatoms. The van der Waals surface area contributed by atoms with Crippen molar-refractivity contribution in [3.63, 3.8) is 0 Å². The van der Waals surface area contributed by atoms with Gasteiger partial charge >= 0.3 is 12.1 Å². The summed E-state index contributed by atoms with van der Waals surface area (Å²) in [5.41, 5.74) is 0. The lowest BCUT2D eigenvalue weighted by Gasteiger charge is -2.36. The number of ether oxygens (including phenoxy) is 1. The van der Waals surface area contributed by atoms with Crippen LogP contribution in [0.4, 0.5) is 10.6 Å². The summed E-state index contributed by atoms with van der Waals surface area (Å²) in [6.07, 6.45) is 6.09. The predicted octanol–water partition coefficient (Wildman–Crippen LogP) is 1.06. The molecule has 3 fully saturated rings. The van der Waals surface area contributed by atoms with Crippen LogP contribution in [0.2, 0.25) is 0 Å². The first-order valence-corrected chi connectivity index (χ1v) is 10.0. The molecule has 4 heterocycles. The zero-order valence-corrected chi connectivity index (χ0v) is 15.9. The third kappa shape index (κ3) is 4.19. The number of carbonyl (C=O) groups is 2. The van der Waals surface area contributed by atoms with E-state index < -0.39 is 5.97 Å². The summed E-state index contributed by atoms with van der Waals surface area (Å²) < 4.78 is 5.61. The Morgan fingerprint density at radius 3 is 2.57 bits per heavy atom. The van der Waals surface area contributed by atoms with Gasteiger partial charge in [0.1, 0.15) is 18.2 Å². The molecular formula is C19H27N5O4. The van der Waals surface area contributed by atoms with Crippen molar-refractivity contribution in [1.29, 1.82) is 0 Å². The van der Waals surface area contributed by atoms with E-state index in [1.807, 2.05) is 11.0 Å². The van der Waals surface area contributed by atoms with Gasteiger partial charge in [-0.1, -0.05) is 0 Å². The summed E-state index contributed by atoms with van der Waals surface area (Å²) in [6.45, 7) is 4.53.